The van der Waals surface area contributed by atoms with Crippen molar-refractivity contribution in [3.63, 3.8) is 0 Å². The fourth-order valence-electron chi connectivity index (χ4n) is 5.04. The summed E-state index contributed by atoms with van der Waals surface area (Å²) in [5, 5.41) is 3.18. The van der Waals surface area contributed by atoms with Crippen LogP contribution in [0.15, 0.2) is 24.5 Å². The summed E-state index contributed by atoms with van der Waals surface area (Å²) in [5.41, 5.74) is -0.00527. The summed E-state index contributed by atoms with van der Waals surface area (Å²) < 4.78 is 14.1. The molecule has 1 aliphatic rings. The van der Waals surface area contributed by atoms with Crippen molar-refractivity contribution in [3.8, 4) is 0 Å². The van der Waals surface area contributed by atoms with Gasteiger partial charge >= 0.3 is 0 Å². The summed E-state index contributed by atoms with van der Waals surface area (Å²) in [4.78, 5) is 34.2. The molecule has 1 unspecified atom stereocenters. The molecule has 0 aromatic carbocycles. The van der Waals surface area contributed by atoms with Gasteiger partial charge in [-0.3, -0.25) is 14.6 Å². The Balaban J connectivity index is 2.65. The van der Waals surface area contributed by atoms with Crippen molar-refractivity contribution in [3.05, 3.63) is 30.1 Å². The fraction of sp³-hybridized carbons (Fsp3) is 0.774. The van der Waals surface area contributed by atoms with E-state index in [1.54, 1.807) is 29.4 Å². The van der Waals surface area contributed by atoms with Crippen LogP contribution >= 0.6 is 0 Å². The Bertz CT molecular complexity index is 1040. The lowest BCUT2D eigenvalue weighted by molar-refractivity contribution is -0.129. The molecule has 3 atom stereocenters. The van der Waals surface area contributed by atoms with Gasteiger partial charge in [0.05, 0.1) is 11.7 Å². The summed E-state index contributed by atoms with van der Waals surface area (Å²) in [7, 11) is -4.62. The van der Waals surface area contributed by atoms with Crippen LogP contribution in [-0.2, 0) is 13.6 Å². The molecule has 1 aromatic heterocycles. The molecule has 2 rings (SSSR count). The van der Waals surface area contributed by atoms with Gasteiger partial charge in [-0.25, -0.2) is 0 Å². The van der Waals surface area contributed by atoms with Crippen molar-refractivity contribution in [2.24, 2.45) is 5.41 Å². The third kappa shape index (κ3) is 8.49. The standard InChI is InChI=1S/C31H57N3O4Si2/c1-28(2,3)21-31(10,11)33-26(35)24-25(38-40(14,15)30(7,8)9)23(37-39(12,13)29(4,5)6)20-34(24)27(36)22-17-16-18-32-19-22/h16-19,23-25H,20-21H2,1-15H3,(H,33,35)/t23-,24?,25+/m0/s1. The average molecular weight is 592 g/mol. The summed E-state index contributed by atoms with van der Waals surface area (Å²) in [6, 6.07) is 2.67. The first-order valence-corrected chi connectivity index (χ1v) is 20.5. The molecule has 1 saturated heterocycles. The van der Waals surface area contributed by atoms with Gasteiger partial charge in [0.2, 0.25) is 5.91 Å². The molecular weight excluding hydrogens is 535 g/mol. The number of hydrogen-bond donors (Lipinski definition) is 1. The smallest absolute Gasteiger partial charge is 0.256 e. The Kier molecular flexibility index (Phi) is 10.1. The largest absolute Gasteiger partial charge is 0.409 e. The first-order chi connectivity index (χ1) is 17.8. The van der Waals surface area contributed by atoms with E-state index in [1.165, 1.54) is 0 Å². The summed E-state index contributed by atoms with van der Waals surface area (Å²) in [6.07, 6.45) is 2.99. The lowest BCUT2D eigenvalue weighted by atomic mass is 9.81. The Hall–Kier alpha value is -1.56. The molecular formula is C31H57N3O4Si2. The third-order valence-electron chi connectivity index (χ3n) is 8.75. The van der Waals surface area contributed by atoms with Crippen LogP contribution in [0.1, 0.15) is 92.9 Å². The monoisotopic (exact) mass is 591 g/mol. The molecule has 0 radical (unpaired) electrons. The predicted molar refractivity (Wildman–Crippen MR) is 169 cm³/mol. The van der Waals surface area contributed by atoms with Crippen LogP contribution in [0.5, 0.6) is 0 Å². The molecule has 0 bridgehead atoms. The first-order valence-electron chi connectivity index (χ1n) is 14.7. The van der Waals surface area contributed by atoms with Gasteiger partial charge in [-0.15, -0.1) is 0 Å². The highest BCUT2D eigenvalue weighted by Crippen LogP contribution is 2.43. The Labute approximate surface area is 246 Å². The Morgan fingerprint density at radius 2 is 1.45 bits per heavy atom. The maximum absolute atomic E-state index is 14.3. The molecule has 0 spiro atoms. The lowest BCUT2D eigenvalue weighted by Gasteiger charge is -2.44. The minimum atomic E-state index is -2.36. The number of carbonyl (C=O) groups excluding carboxylic acids is 2. The molecule has 0 saturated carbocycles. The third-order valence-corrected chi connectivity index (χ3v) is 17.7. The van der Waals surface area contributed by atoms with Crippen LogP contribution in [0.3, 0.4) is 0 Å². The summed E-state index contributed by atoms with van der Waals surface area (Å²) in [6.45, 7) is 32.9. The molecule has 7 nitrogen and oxygen atoms in total. The van der Waals surface area contributed by atoms with Crippen molar-refractivity contribution in [2.45, 2.75) is 143 Å². The number of amides is 2. The van der Waals surface area contributed by atoms with Crippen LogP contribution in [0.25, 0.3) is 0 Å². The molecule has 2 heterocycles. The van der Waals surface area contributed by atoms with Crippen molar-refractivity contribution in [1.82, 2.24) is 15.2 Å². The van der Waals surface area contributed by atoms with E-state index < -0.39 is 40.4 Å². The van der Waals surface area contributed by atoms with E-state index in [-0.39, 0.29) is 33.9 Å². The molecule has 1 fully saturated rings. The van der Waals surface area contributed by atoms with Crippen molar-refractivity contribution in [1.29, 1.82) is 0 Å². The second-order valence-electron chi connectivity index (χ2n) is 16.5. The van der Waals surface area contributed by atoms with E-state index in [0.717, 1.165) is 6.42 Å². The van der Waals surface area contributed by atoms with Crippen LogP contribution in [0, 0.1) is 5.41 Å². The number of nitrogens with one attached hydrogen (secondary N) is 1. The van der Waals surface area contributed by atoms with Gasteiger partial charge in [0.15, 0.2) is 16.6 Å². The number of likely N-dealkylation sites (tertiary alicyclic amines) is 1. The Morgan fingerprint density at radius 1 is 0.925 bits per heavy atom. The van der Waals surface area contributed by atoms with Gasteiger partial charge in [0.25, 0.3) is 5.91 Å². The number of hydrogen-bond acceptors (Lipinski definition) is 5. The van der Waals surface area contributed by atoms with E-state index in [1.807, 2.05) is 13.8 Å². The zero-order valence-electron chi connectivity index (χ0n) is 28.0. The molecule has 2 amide bonds. The van der Waals surface area contributed by atoms with Crippen LogP contribution in [-0.4, -0.2) is 68.7 Å². The van der Waals surface area contributed by atoms with Crippen LogP contribution < -0.4 is 5.32 Å². The van der Waals surface area contributed by atoms with Gasteiger partial charge in [-0.1, -0.05) is 62.3 Å². The van der Waals surface area contributed by atoms with Gasteiger partial charge in [0.1, 0.15) is 12.1 Å². The minimum Gasteiger partial charge on any atom is -0.409 e. The second kappa shape index (κ2) is 11.6. The van der Waals surface area contributed by atoms with Crippen LogP contribution in [0.4, 0.5) is 0 Å². The molecule has 1 aliphatic heterocycles. The normalized spacial score (nSPS) is 21.5. The quantitative estimate of drug-likeness (QED) is 0.329. The highest BCUT2D eigenvalue weighted by molar-refractivity contribution is 6.74. The van der Waals surface area contributed by atoms with Gasteiger partial charge in [-0.05, 0) is 74.1 Å². The molecule has 1 aromatic rings. The fourth-order valence-corrected chi connectivity index (χ4v) is 7.68. The number of aromatic nitrogens is 1. The molecule has 9 heteroatoms. The van der Waals surface area contributed by atoms with Crippen molar-refractivity contribution in [2.75, 3.05) is 6.54 Å². The molecule has 228 valence electrons. The number of nitrogens with zero attached hydrogens (tertiary/aromatic N) is 2. The molecule has 40 heavy (non-hydrogen) atoms. The molecule has 0 aliphatic carbocycles. The van der Waals surface area contributed by atoms with Gasteiger partial charge in [-0.2, -0.15) is 0 Å². The summed E-state index contributed by atoms with van der Waals surface area (Å²) >= 11 is 0. The zero-order chi connectivity index (χ0) is 31.1. The Morgan fingerprint density at radius 3 is 1.90 bits per heavy atom. The van der Waals surface area contributed by atoms with E-state index in [9.17, 15) is 9.59 Å². The van der Waals surface area contributed by atoms with Gasteiger partial charge < -0.3 is 19.1 Å². The van der Waals surface area contributed by atoms with E-state index in [2.05, 4.69) is 98.8 Å². The number of rotatable bonds is 8. The topological polar surface area (TPSA) is 80.8 Å². The van der Waals surface area contributed by atoms with E-state index in [0.29, 0.717) is 5.56 Å². The summed E-state index contributed by atoms with van der Waals surface area (Å²) in [5.74, 6) is -0.427. The maximum atomic E-state index is 14.3. The first kappa shape index (κ1) is 34.6. The average Bonchev–Trinajstić information content (AvgIpc) is 3.06. The van der Waals surface area contributed by atoms with Crippen LogP contribution in [0.2, 0.25) is 36.3 Å². The number of carbonyl (C=O) groups is 2. The lowest BCUT2D eigenvalue weighted by Crippen LogP contribution is -2.59. The van der Waals surface area contributed by atoms with E-state index in [4.69, 9.17) is 8.85 Å². The minimum absolute atomic E-state index is 0.0166. The van der Waals surface area contributed by atoms with Gasteiger partial charge in [0, 0.05) is 24.5 Å². The highest BCUT2D eigenvalue weighted by Gasteiger charge is 2.55. The van der Waals surface area contributed by atoms with Crippen molar-refractivity contribution >= 4 is 28.4 Å². The SMILES string of the molecule is CC(C)(C)CC(C)(C)NC(=O)C1[C@H](O[Si](C)(C)C(C)(C)C)[C@@H](O[Si](C)(C)C(C)(C)C)CN1C(=O)c1cccnc1. The molecule has 1 N–H and O–H groups in total. The highest BCUT2D eigenvalue weighted by atomic mass is 28.4. The number of pyridine rings is 1. The van der Waals surface area contributed by atoms with Crippen molar-refractivity contribution < 1.29 is 18.4 Å². The second-order valence-corrected chi connectivity index (χ2v) is 26.0. The predicted octanol–water partition coefficient (Wildman–Crippen LogP) is 7.02. The van der Waals surface area contributed by atoms with E-state index >= 15 is 0 Å². The zero-order valence-corrected chi connectivity index (χ0v) is 30.0. The maximum Gasteiger partial charge on any atom is 0.256 e.